The minimum atomic E-state index is -0.283. The van der Waals surface area contributed by atoms with Crippen molar-refractivity contribution in [1.29, 1.82) is 0 Å². The monoisotopic (exact) mass is 228 g/mol. The third kappa shape index (κ3) is 3.81. The van der Waals surface area contributed by atoms with Crippen LogP contribution in [-0.2, 0) is 14.3 Å². The van der Waals surface area contributed by atoms with Gasteiger partial charge in [0.25, 0.3) is 0 Å². The maximum atomic E-state index is 11.7. The smallest absolute Gasteiger partial charge is 0.319 e. The molecule has 5 nitrogen and oxygen atoms in total. The van der Waals surface area contributed by atoms with E-state index in [4.69, 9.17) is 0 Å². The van der Waals surface area contributed by atoms with Gasteiger partial charge in [-0.2, -0.15) is 0 Å². The first-order valence-electron chi connectivity index (χ1n) is 5.74. The highest BCUT2D eigenvalue weighted by molar-refractivity contribution is 5.80. The Kier molecular flexibility index (Phi) is 5.25. The molecule has 0 saturated carbocycles. The zero-order valence-electron chi connectivity index (χ0n) is 10.1. The lowest BCUT2D eigenvalue weighted by Crippen LogP contribution is -2.51. The van der Waals surface area contributed by atoms with Crippen molar-refractivity contribution < 1.29 is 14.3 Å². The van der Waals surface area contributed by atoms with Gasteiger partial charge >= 0.3 is 5.97 Å². The second kappa shape index (κ2) is 6.48. The number of piperazine rings is 1. The Morgan fingerprint density at radius 3 is 2.75 bits per heavy atom. The van der Waals surface area contributed by atoms with E-state index in [9.17, 15) is 9.59 Å². The van der Waals surface area contributed by atoms with Crippen molar-refractivity contribution in [3.05, 3.63) is 0 Å². The number of rotatable bonds is 5. The molecule has 0 aromatic carbocycles. The van der Waals surface area contributed by atoms with Crippen LogP contribution in [0.5, 0.6) is 0 Å². The largest absolute Gasteiger partial charge is 0.468 e. The summed E-state index contributed by atoms with van der Waals surface area (Å²) in [6, 6.07) is 0. The number of ether oxygens (including phenoxy) is 1. The summed E-state index contributed by atoms with van der Waals surface area (Å²) < 4.78 is 4.57. The predicted octanol–water partition coefficient (Wildman–Crippen LogP) is 0.104. The number of hydrogen-bond donors (Lipinski definition) is 0. The average Bonchev–Trinajstić information content (AvgIpc) is 2.28. The summed E-state index contributed by atoms with van der Waals surface area (Å²) in [5, 5.41) is 0. The normalized spacial score (nSPS) is 17.6. The van der Waals surface area contributed by atoms with E-state index in [0.29, 0.717) is 6.54 Å². The molecule has 0 unspecified atom stereocenters. The molecule has 0 atom stereocenters. The summed E-state index contributed by atoms with van der Waals surface area (Å²) in [6.07, 6.45) is 2.14. The second-order valence-electron chi connectivity index (χ2n) is 4.02. The molecule has 1 amide bonds. The third-order valence-electron chi connectivity index (χ3n) is 2.76. The predicted molar refractivity (Wildman–Crippen MR) is 59.9 cm³/mol. The molecule has 0 bridgehead atoms. The summed E-state index contributed by atoms with van der Waals surface area (Å²) in [7, 11) is 1.36. The van der Waals surface area contributed by atoms with Gasteiger partial charge in [0.15, 0.2) is 0 Å². The van der Waals surface area contributed by atoms with Gasteiger partial charge in [0.1, 0.15) is 0 Å². The van der Waals surface area contributed by atoms with Gasteiger partial charge in [0, 0.05) is 19.6 Å². The first-order valence-corrected chi connectivity index (χ1v) is 5.74. The maximum Gasteiger partial charge on any atom is 0.319 e. The minimum absolute atomic E-state index is 0.114. The van der Waals surface area contributed by atoms with E-state index in [2.05, 4.69) is 11.7 Å². The first kappa shape index (κ1) is 13.0. The standard InChI is InChI=1S/C11H20N2O3/c1-3-4-5-13-7-6-12(8-10(13)14)9-11(15)16-2/h3-9H2,1-2H3. The van der Waals surface area contributed by atoms with E-state index >= 15 is 0 Å². The van der Waals surface area contributed by atoms with Crippen molar-refractivity contribution in [2.24, 2.45) is 0 Å². The third-order valence-corrected chi connectivity index (χ3v) is 2.76. The molecule has 1 saturated heterocycles. The molecule has 0 spiro atoms. The van der Waals surface area contributed by atoms with Crippen LogP contribution in [0.3, 0.4) is 0 Å². The van der Waals surface area contributed by atoms with Gasteiger partial charge < -0.3 is 9.64 Å². The molecule has 16 heavy (non-hydrogen) atoms. The van der Waals surface area contributed by atoms with Gasteiger partial charge in [-0.3, -0.25) is 14.5 Å². The fourth-order valence-corrected chi connectivity index (χ4v) is 1.72. The molecule has 0 N–H and O–H groups in total. The molecule has 1 heterocycles. The molecule has 0 aromatic rings. The van der Waals surface area contributed by atoms with Crippen LogP contribution in [-0.4, -0.2) is 61.5 Å². The Morgan fingerprint density at radius 2 is 2.19 bits per heavy atom. The summed E-state index contributed by atoms with van der Waals surface area (Å²) in [6.45, 7) is 4.96. The van der Waals surface area contributed by atoms with Gasteiger partial charge in [0.2, 0.25) is 5.91 Å². The van der Waals surface area contributed by atoms with Gasteiger partial charge in [0.05, 0.1) is 20.2 Å². The number of hydrogen-bond acceptors (Lipinski definition) is 4. The summed E-state index contributed by atoms with van der Waals surface area (Å²) in [4.78, 5) is 26.5. The van der Waals surface area contributed by atoms with E-state index in [1.54, 1.807) is 0 Å². The van der Waals surface area contributed by atoms with E-state index in [1.807, 2.05) is 9.80 Å². The first-order chi connectivity index (χ1) is 7.67. The maximum absolute atomic E-state index is 11.7. The van der Waals surface area contributed by atoms with Crippen LogP contribution in [0.25, 0.3) is 0 Å². The van der Waals surface area contributed by atoms with E-state index < -0.39 is 0 Å². The topological polar surface area (TPSA) is 49.9 Å². The van der Waals surface area contributed by atoms with Gasteiger partial charge in [-0.25, -0.2) is 0 Å². The molecular formula is C11H20N2O3. The number of carbonyl (C=O) groups is 2. The molecule has 1 fully saturated rings. The van der Waals surface area contributed by atoms with Crippen LogP contribution in [0, 0.1) is 0 Å². The Hall–Kier alpha value is -1.10. The fourth-order valence-electron chi connectivity index (χ4n) is 1.72. The molecular weight excluding hydrogens is 208 g/mol. The van der Waals surface area contributed by atoms with E-state index in [-0.39, 0.29) is 18.4 Å². The number of nitrogens with zero attached hydrogens (tertiary/aromatic N) is 2. The van der Waals surface area contributed by atoms with Gasteiger partial charge in [-0.15, -0.1) is 0 Å². The summed E-state index contributed by atoms with van der Waals surface area (Å²) in [5.41, 5.74) is 0. The zero-order valence-corrected chi connectivity index (χ0v) is 10.1. The van der Waals surface area contributed by atoms with Crippen LogP contribution in [0.15, 0.2) is 0 Å². The number of methoxy groups -OCH3 is 1. The SMILES string of the molecule is CCCCN1CCN(CC(=O)OC)CC1=O. The van der Waals surface area contributed by atoms with Crippen LogP contribution in [0.1, 0.15) is 19.8 Å². The lowest BCUT2D eigenvalue weighted by Gasteiger charge is -2.33. The Morgan fingerprint density at radius 1 is 1.44 bits per heavy atom. The Labute approximate surface area is 96.3 Å². The summed E-state index contributed by atoms with van der Waals surface area (Å²) in [5.74, 6) is -0.168. The van der Waals surface area contributed by atoms with Crippen LogP contribution >= 0.6 is 0 Å². The number of carbonyl (C=O) groups excluding carboxylic acids is 2. The quantitative estimate of drug-likeness (QED) is 0.626. The van der Waals surface area contributed by atoms with Crippen molar-refractivity contribution in [1.82, 2.24) is 9.80 Å². The van der Waals surface area contributed by atoms with Crippen molar-refractivity contribution >= 4 is 11.9 Å². The molecule has 5 heteroatoms. The molecule has 1 aliphatic rings. The Balaban J connectivity index is 2.33. The lowest BCUT2D eigenvalue weighted by atomic mass is 10.2. The van der Waals surface area contributed by atoms with Gasteiger partial charge in [-0.1, -0.05) is 13.3 Å². The number of esters is 1. The van der Waals surface area contributed by atoms with Gasteiger partial charge in [-0.05, 0) is 6.42 Å². The average molecular weight is 228 g/mol. The van der Waals surface area contributed by atoms with E-state index in [1.165, 1.54) is 7.11 Å². The second-order valence-corrected chi connectivity index (χ2v) is 4.02. The number of unbranched alkanes of at least 4 members (excludes halogenated alkanes) is 1. The molecule has 92 valence electrons. The van der Waals surface area contributed by atoms with Crippen molar-refractivity contribution in [3.63, 3.8) is 0 Å². The van der Waals surface area contributed by atoms with Crippen molar-refractivity contribution in [3.8, 4) is 0 Å². The molecule has 1 rings (SSSR count). The van der Waals surface area contributed by atoms with Crippen LogP contribution < -0.4 is 0 Å². The molecule has 1 aliphatic heterocycles. The zero-order chi connectivity index (χ0) is 12.0. The number of amides is 1. The minimum Gasteiger partial charge on any atom is -0.468 e. The highest BCUT2D eigenvalue weighted by Crippen LogP contribution is 2.05. The molecule has 0 radical (unpaired) electrons. The molecule has 0 aromatic heterocycles. The Bertz CT molecular complexity index is 256. The summed E-state index contributed by atoms with van der Waals surface area (Å²) >= 11 is 0. The highest BCUT2D eigenvalue weighted by atomic mass is 16.5. The van der Waals surface area contributed by atoms with Crippen molar-refractivity contribution in [2.45, 2.75) is 19.8 Å². The van der Waals surface area contributed by atoms with Crippen LogP contribution in [0.2, 0.25) is 0 Å². The molecule has 0 aliphatic carbocycles. The van der Waals surface area contributed by atoms with E-state index in [0.717, 1.165) is 32.5 Å². The highest BCUT2D eigenvalue weighted by Gasteiger charge is 2.24. The lowest BCUT2D eigenvalue weighted by molar-refractivity contribution is -0.144. The fraction of sp³-hybridized carbons (Fsp3) is 0.818. The van der Waals surface area contributed by atoms with Crippen molar-refractivity contribution in [2.75, 3.05) is 39.8 Å². The van der Waals surface area contributed by atoms with Crippen LogP contribution in [0.4, 0.5) is 0 Å².